The molecule has 0 bridgehead atoms. The molecule has 0 spiro atoms. The summed E-state index contributed by atoms with van der Waals surface area (Å²) in [6.45, 7) is 4.69. The van der Waals surface area contributed by atoms with Crippen molar-refractivity contribution < 1.29 is 31.5 Å². The largest absolute Gasteiger partial charge is 0.417 e. The molecule has 0 aliphatic carbocycles. The molecule has 2 aromatic carbocycles. The van der Waals surface area contributed by atoms with Crippen molar-refractivity contribution in [2.75, 3.05) is 5.32 Å². The second kappa shape index (κ2) is 9.24. The molecule has 1 heterocycles. The lowest BCUT2D eigenvalue weighted by Gasteiger charge is -2.23. The minimum absolute atomic E-state index is 0.0572. The molecule has 34 heavy (non-hydrogen) atoms. The zero-order valence-electron chi connectivity index (χ0n) is 18.3. The van der Waals surface area contributed by atoms with E-state index in [9.17, 15) is 31.5 Å². The van der Waals surface area contributed by atoms with Gasteiger partial charge in [0.15, 0.2) is 5.82 Å². The number of halogens is 5. The number of carbonyl (C=O) groups is 2. The topological polar surface area (TPSA) is 86.9 Å². The molecule has 11 heteroatoms. The molecule has 0 radical (unpaired) electrons. The van der Waals surface area contributed by atoms with Gasteiger partial charge in [-0.05, 0) is 36.8 Å². The van der Waals surface area contributed by atoms with E-state index >= 15 is 0 Å². The molecular formula is C23H21F5N4O2. The van der Waals surface area contributed by atoms with Crippen molar-refractivity contribution in [2.24, 2.45) is 0 Å². The van der Waals surface area contributed by atoms with Gasteiger partial charge in [0.2, 0.25) is 5.91 Å². The normalized spacial score (nSPS) is 12.8. The molecule has 2 amide bonds. The highest BCUT2D eigenvalue weighted by Gasteiger charge is 2.35. The smallest absolute Gasteiger partial charge is 0.341 e. The molecule has 0 fully saturated rings. The number of anilines is 1. The lowest BCUT2D eigenvalue weighted by Crippen LogP contribution is -2.42. The Morgan fingerprint density at radius 3 is 2.24 bits per heavy atom. The van der Waals surface area contributed by atoms with Crippen molar-refractivity contribution in [3.63, 3.8) is 0 Å². The van der Waals surface area contributed by atoms with Crippen LogP contribution < -0.4 is 10.6 Å². The van der Waals surface area contributed by atoms with Crippen molar-refractivity contribution in [1.29, 1.82) is 0 Å². The first kappa shape index (κ1) is 24.9. The number of nitrogens with zero attached hydrogens (tertiary/aromatic N) is 1. The summed E-state index contributed by atoms with van der Waals surface area (Å²) < 4.78 is 66.7. The Hall–Kier alpha value is -3.76. The van der Waals surface area contributed by atoms with Crippen molar-refractivity contribution >= 4 is 17.6 Å². The summed E-state index contributed by atoms with van der Waals surface area (Å²) in [6, 6.07) is 7.60. The zero-order chi connectivity index (χ0) is 25.3. The van der Waals surface area contributed by atoms with Crippen molar-refractivity contribution in [3.05, 3.63) is 82.5 Å². The third-order valence-electron chi connectivity index (χ3n) is 5.30. The minimum atomic E-state index is -4.73. The molecule has 1 aromatic heterocycles. The van der Waals surface area contributed by atoms with Crippen molar-refractivity contribution in [3.8, 4) is 0 Å². The maximum atomic E-state index is 13.6. The predicted molar refractivity (Wildman–Crippen MR) is 114 cm³/mol. The van der Waals surface area contributed by atoms with E-state index < -0.39 is 52.2 Å². The first-order valence-corrected chi connectivity index (χ1v) is 10.1. The summed E-state index contributed by atoms with van der Waals surface area (Å²) in [5.74, 6) is -3.22. The van der Waals surface area contributed by atoms with E-state index in [0.29, 0.717) is 11.3 Å². The van der Waals surface area contributed by atoms with Gasteiger partial charge in [0.1, 0.15) is 17.7 Å². The number of carbonyl (C=O) groups excluding carboxylic acids is 2. The summed E-state index contributed by atoms with van der Waals surface area (Å²) >= 11 is 0. The second-order valence-corrected chi connectivity index (χ2v) is 8.18. The van der Waals surface area contributed by atoms with Crippen LogP contribution in [0, 0.1) is 11.6 Å². The standard InChI is InChI=1S/C23H21F5N4O2/c1-12(29-21(34)16-6-4-5-7-17(16)23(26,27)28)20(33)30-19-11-18(31-32-19)22(2,3)13-8-14(24)10-15(25)9-13/h4-12H,1-3H3,(H,29,34)(H2,30,31,32,33). The number of aromatic nitrogens is 2. The number of aromatic amines is 1. The number of nitrogens with one attached hydrogen (secondary N) is 3. The Bertz CT molecular complexity index is 1200. The highest BCUT2D eigenvalue weighted by atomic mass is 19.4. The molecule has 6 nitrogen and oxygen atoms in total. The zero-order valence-corrected chi connectivity index (χ0v) is 18.3. The van der Waals surface area contributed by atoms with Gasteiger partial charge in [-0.2, -0.15) is 18.3 Å². The Labute approximate surface area is 191 Å². The van der Waals surface area contributed by atoms with E-state index in [1.807, 2.05) is 0 Å². The Morgan fingerprint density at radius 2 is 1.62 bits per heavy atom. The summed E-state index contributed by atoms with van der Waals surface area (Å²) in [5, 5.41) is 11.3. The molecule has 1 unspecified atom stereocenters. The molecule has 0 aliphatic rings. The quantitative estimate of drug-likeness (QED) is 0.444. The molecule has 0 saturated carbocycles. The van der Waals surface area contributed by atoms with Gasteiger partial charge in [-0.15, -0.1) is 0 Å². The number of alkyl halides is 3. The molecule has 3 N–H and O–H groups in total. The van der Waals surface area contributed by atoms with Crippen LogP contribution >= 0.6 is 0 Å². The maximum Gasteiger partial charge on any atom is 0.417 e. The van der Waals surface area contributed by atoms with Crippen LogP contribution in [0.1, 0.15) is 48.0 Å². The third kappa shape index (κ3) is 5.41. The van der Waals surface area contributed by atoms with Gasteiger partial charge in [-0.25, -0.2) is 8.78 Å². The van der Waals surface area contributed by atoms with Gasteiger partial charge in [0.25, 0.3) is 5.91 Å². The van der Waals surface area contributed by atoms with Crippen LogP contribution in [-0.2, 0) is 16.4 Å². The highest BCUT2D eigenvalue weighted by Crippen LogP contribution is 2.33. The number of H-pyrrole nitrogens is 1. The van der Waals surface area contributed by atoms with Crippen molar-refractivity contribution in [2.45, 2.75) is 38.4 Å². The Morgan fingerprint density at radius 1 is 1.00 bits per heavy atom. The van der Waals surface area contributed by atoms with Crippen LogP contribution in [-0.4, -0.2) is 28.1 Å². The molecule has 3 aromatic rings. The second-order valence-electron chi connectivity index (χ2n) is 8.18. The van der Waals surface area contributed by atoms with E-state index in [1.54, 1.807) is 13.8 Å². The van der Waals surface area contributed by atoms with E-state index in [1.165, 1.54) is 31.2 Å². The van der Waals surface area contributed by atoms with Crippen molar-refractivity contribution in [1.82, 2.24) is 15.5 Å². The fourth-order valence-electron chi connectivity index (χ4n) is 3.28. The van der Waals surface area contributed by atoms with Crippen LogP contribution in [0.5, 0.6) is 0 Å². The molecular weight excluding hydrogens is 459 g/mol. The number of benzene rings is 2. The highest BCUT2D eigenvalue weighted by molar-refractivity contribution is 6.01. The molecule has 0 saturated heterocycles. The summed E-state index contributed by atoms with van der Waals surface area (Å²) in [6.07, 6.45) is -4.73. The minimum Gasteiger partial charge on any atom is -0.341 e. The van der Waals surface area contributed by atoms with Crippen LogP contribution in [0.3, 0.4) is 0 Å². The summed E-state index contributed by atoms with van der Waals surface area (Å²) in [4.78, 5) is 24.8. The lowest BCUT2D eigenvalue weighted by atomic mass is 9.81. The number of amides is 2. The average molecular weight is 480 g/mol. The fraction of sp³-hybridized carbons (Fsp3) is 0.261. The van der Waals surface area contributed by atoms with E-state index in [4.69, 9.17) is 0 Å². The fourth-order valence-corrected chi connectivity index (χ4v) is 3.28. The third-order valence-corrected chi connectivity index (χ3v) is 5.30. The SMILES string of the molecule is CC(NC(=O)c1ccccc1C(F)(F)F)C(=O)Nc1cc(C(C)(C)c2cc(F)cc(F)c2)[nH]n1. The lowest BCUT2D eigenvalue weighted by molar-refractivity contribution is -0.137. The van der Waals surface area contributed by atoms with Gasteiger partial charge in [0, 0.05) is 23.2 Å². The molecule has 1 atom stereocenters. The maximum absolute atomic E-state index is 13.6. The van der Waals surface area contributed by atoms with E-state index in [2.05, 4.69) is 20.8 Å². The Kier molecular flexibility index (Phi) is 6.76. The summed E-state index contributed by atoms with van der Waals surface area (Å²) in [7, 11) is 0. The van der Waals surface area contributed by atoms with Crippen LogP contribution in [0.4, 0.5) is 27.8 Å². The van der Waals surface area contributed by atoms with Crippen LogP contribution in [0.25, 0.3) is 0 Å². The van der Waals surface area contributed by atoms with Gasteiger partial charge >= 0.3 is 6.18 Å². The number of rotatable bonds is 6. The first-order valence-electron chi connectivity index (χ1n) is 10.1. The monoisotopic (exact) mass is 480 g/mol. The van der Waals surface area contributed by atoms with Gasteiger partial charge < -0.3 is 10.6 Å². The summed E-state index contributed by atoms with van der Waals surface area (Å²) in [5.41, 5.74) is -1.87. The van der Waals surface area contributed by atoms with Gasteiger partial charge in [-0.1, -0.05) is 26.0 Å². The van der Waals surface area contributed by atoms with Gasteiger partial charge in [-0.3, -0.25) is 14.7 Å². The molecule has 0 aliphatic heterocycles. The van der Waals surface area contributed by atoms with Crippen LogP contribution in [0.15, 0.2) is 48.5 Å². The molecule has 3 rings (SSSR count). The predicted octanol–water partition coefficient (Wildman–Crippen LogP) is 4.79. The van der Waals surface area contributed by atoms with E-state index in [0.717, 1.165) is 24.3 Å². The van der Waals surface area contributed by atoms with E-state index in [-0.39, 0.29) is 5.82 Å². The van der Waals surface area contributed by atoms with Crippen LogP contribution in [0.2, 0.25) is 0 Å². The first-order chi connectivity index (χ1) is 15.8. The van der Waals surface area contributed by atoms with Gasteiger partial charge in [0.05, 0.1) is 11.1 Å². The number of hydrogen-bond donors (Lipinski definition) is 3. The average Bonchev–Trinajstić information content (AvgIpc) is 3.21. The Balaban J connectivity index is 1.71. The molecule has 180 valence electrons. The number of hydrogen-bond acceptors (Lipinski definition) is 3.